The van der Waals surface area contributed by atoms with Gasteiger partial charge in [0.2, 0.25) is 5.91 Å². The Balaban J connectivity index is 1.96. The third-order valence-electron chi connectivity index (χ3n) is 3.40. The van der Waals surface area contributed by atoms with E-state index in [1.807, 2.05) is 6.92 Å². The Morgan fingerprint density at radius 3 is 2.91 bits per heavy atom. The predicted molar refractivity (Wildman–Crippen MR) is 83.7 cm³/mol. The molecule has 0 radical (unpaired) electrons. The van der Waals surface area contributed by atoms with Crippen LogP contribution in [-0.4, -0.2) is 51.9 Å². The summed E-state index contributed by atoms with van der Waals surface area (Å²) in [6.45, 7) is 4.19. The van der Waals surface area contributed by atoms with Crippen LogP contribution in [0, 0.1) is 0 Å². The zero-order valence-electron chi connectivity index (χ0n) is 12.5. The van der Waals surface area contributed by atoms with Crippen molar-refractivity contribution in [2.75, 3.05) is 11.5 Å². The topological polar surface area (TPSA) is 114 Å². The Kier molecular flexibility index (Phi) is 5.32. The van der Waals surface area contributed by atoms with Gasteiger partial charge in [-0.15, -0.1) is 5.10 Å². The molecule has 0 unspecified atom stereocenters. The van der Waals surface area contributed by atoms with Gasteiger partial charge in [-0.3, -0.25) is 9.36 Å². The fourth-order valence-electron chi connectivity index (χ4n) is 2.25. The molecule has 0 bridgehead atoms. The van der Waals surface area contributed by atoms with Gasteiger partial charge in [0.1, 0.15) is 0 Å². The molecule has 1 aliphatic rings. The number of carbonyl (C=O) groups excluding carboxylic acids is 1. The molecule has 0 saturated carbocycles. The zero-order valence-corrected chi connectivity index (χ0v) is 14.2. The van der Waals surface area contributed by atoms with Crippen molar-refractivity contribution < 1.29 is 13.2 Å². The normalized spacial score (nSPS) is 21.6. The maximum atomic E-state index is 12.1. The van der Waals surface area contributed by atoms with Gasteiger partial charge in [0.05, 0.1) is 16.8 Å². The maximum absolute atomic E-state index is 12.1. The van der Waals surface area contributed by atoms with Crippen LogP contribution in [0.2, 0.25) is 0 Å². The van der Waals surface area contributed by atoms with Crippen molar-refractivity contribution in [2.24, 2.45) is 0 Å². The summed E-state index contributed by atoms with van der Waals surface area (Å²) < 4.78 is 24.3. The lowest BCUT2D eigenvalue weighted by Gasteiger charge is -2.15. The minimum atomic E-state index is -3.02. The van der Waals surface area contributed by atoms with Gasteiger partial charge in [-0.05, 0) is 19.8 Å². The standard InChI is InChI=1S/C12H20N4O4S2/c1-3-5-16-11(18)14-15-12(16)21-8(2)10(17)13-9-4-6-22(19,20)7-9/h8-9H,3-7H2,1-2H3,(H,13,17)(H,14,18)/t8-,9-/m0/s1. The third kappa shape index (κ3) is 4.13. The van der Waals surface area contributed by atoms with Crippen LogP contribution < -0.4 is 11.0 Å². The van der Waals surface area contributed by atoms with Crippen LogP contribution >= 0.6 is 11.8 Å². The average Bonchev–Trinajstić information content (AvgIpc) is 2.95. The van der Waals surface area contributed by atoms with E-state index < -0.39 is 15.1 Å². The van der Waals surface area contributed by atoms with Gasteiger partial charge in [0.15, 0.2) is 15.0 Å². The molecule has 1 saturated heterocycles. The molecule has 0 spiro atoms. The van der Waals surface area contributed by atoms with Gasteiger partial charge in [-0.1, -0.05) is 18.7 Å². The number of hydrogen-bond donors (Lipinski definition) is 2. The quantitative estimate of drug-likeness (QED) is 0.686. The number of carbonyl (C=O) groups is 1. The number of amides is 1. The van der Waals surface area contributed by atoms with Crippen LogP contribution in [0.15, 0.2) is 9.95 Å². The second-order valence-electron chi connectivity index (χ2n) is 5.33. The molecule has 22 heavy (non-hydrogen) atoms. The van der Waals surface area contributed by atoms with Crippen molar-refractivity contribution >= 4 is 27.5 Å². The first-order valence-corrected chi connectivity index (χ1v) is 9.85. The Bertz CT molecular complexity index is 694. The van der Waals surface area contributed by atoms with Gasteiger partial charge in [-0.2, -0.15) is 0 Å². The fourth-order valence-corrected chi connectivity index (χ4v) is 4.82. The smallest absolute Gasteiger partial charge is 0.343 e. The summed E-state index contributed by atoms with van der Waals surface area (Å²) >= 11 is 1.18. The van der Waals surface area contributed by atoms with Crippen molar-refractivity contribution in [3.8, 4) is 0 Å². The van der Waals surface area contributed by atoms with E-state index in [1.165, 1.54) is 16.3 Å². The van der Waals surface area contributed by atoms with E-state index >= 15 is 0 Å². The minimum absolute atomic E-state index is 0.000918. The number of aromatic amines is 1. The fraction of sp³-hybridized carbons (Fsp3) is 0.750. The van der Waals surface area contributed by atoms with Gasteiger partial charge >= 0.3 is 5.69 Å². The lowest BCUT2D eigenvalue weighted by atomic mass is 10.2. The number of sulfone groups is 1. The summed E-state index contributed by atoms with van der Waals surface area (Å²) in [6.07, 6.45) is 1.24. The van der Waals surface area contributed by atoms with Crippen molar-refractivity contribution in [2.45, 2.75) is 49.7 Å². The number of H-pyrrole nitrogens is 1. The van der Waals surface area contributed by atoms with Crippen molar-refractivity contribution in [3.63, 3.8) is 0 Å². The molecule has 1 aliphatic heterocycles. The van der Waals surface area contributed by atoms with E-state index in [1.54, 1.807) is 6.92 Å². The zero-order chi connectivity index (χ0) is 16.3. The highest BCUT2D eigenvalue weighted by atomic mass is 32.2. The van der Waals surface area contributed by atoms with Crippen LogP contribution in [0.25, 0.3) is 0 Å². The SMILES string of the molecule is CCCn1c(S[C@@H](C)C(=O)N[C@H]2CCS(=O)(=O)C2)n[nH]c1=O. The number of rotatable bonds is 6. The van der Waals surface area contributed by atoms with E-state index in [0.29, 0.717) is 18.1 Å². The van der Waals surface area contributed by atoms with Crippen LogP contribution in [0.5, 0.6) is 0 Å². The van der Waals surface area contributed by atoms with Gasteiger partial charge in [0, 0.05) is 12.6 Å². The van der Waals surface area contributed by atoms with Crippen LogP contribution in [0.3, 0.4) is 0 Å². The molecule has 0 aromatic carbocycles. The minimum Gasteiger partial charge on any atom is -0.351 e. The summed E-state index contributed by atoms with van der Waals surface area (Å²) in [5.74, 6) is -0.126. The number of hydrogen-bond acceptors (Lipinski definition) is 6. The van der Waals surface area contributed by atoms with Crippen LogP contribution in [-0.2, 0) is 21.2 Å². The van der Waals surface area contributed by atoms with Crippen molar-refractivity contribution in [1.29, 1.82) is 0 Å². The van der Waals surface area contributed by atoms with Crippen molar-refractivity contribution in [3.05, 3.63) is 10.5 Å². The predicted octanol–water partition coefficient (Wildman–Crippen LogP) is -0.235. The van der Waals surface area contributed by atoms with E-state index in [4.69, 9.17) is 0 Å². The summed E-state index contributed by atoms with van der Waals surface area (Å²) in [4.78, 5) is 23.7. The lowest BCUT2D eigenvalue weighted by Crippen LogP contribution is -2.40. The highest BCUT2D eigenvalue weighted by Crippen LogP contribution is 2.21. The van der Waals surface area contributed by atoms with Gasteiger partial charge in [0.25, 0.3) is 0 Å². The second kappa shape index (κ2) is 6.86. The molecule has 1 aromatic heterocycles. The molecule has 124 valence electrons. The molecule has 2 rings (SSSR count). The largest absolute Gasteiger partial charge is 0.351 e. The molecule has 0 aliphatic carbocycles. The summed E-state index contributed by atoms with van der Waals surface area (Å²) in [6, 6.07) is -0.322. The lowest BCUT2D eigenvalue weighted by molar-refractivity contribution is -0.120. The molecule has 10 heteroatoms. The monoisotopic (exact) mass is 348 g/mol. The third-order valence-corrected chi connectivity index (χ3v) is 6.26. The van der Waals surface area contributed by atoms with E-state index in [2.05, 4.69) is 15.5 Å². The second-order valence-corrected chi connectivity index (χ2v) is 8.87. The molecule has 8 nitrogen and oxygen atoms in total. The van der Waals surface area contributed by atoms with Gasteiger partial charge < -0.3 is 5.32 Å². The first-order valence-electron chi connectivity index (χ1n) is 7.15. The Hall–Kier alpha value is -1.29. The Morgan fingerprint density at radius 2 is 2.32 bits per heavy atom. The molecule has 2 heterocycles. The Labute approximate surface area is 133 Å². The molecule has 1 fully saturated rings. The number of thioether (sulfide) groups is 1. The van der Waals surface area contributed by atoms with E-state index in [9.17, 15) is 18.0 Å². The summed E-state index contributed by atoms with van der Waals surface area (Å²) in [5, 5.41) is 9.05. The molecular weight excluding hydrogens is 328 g/mol. The number of nitrogens with one attached hydrogen (secondary N) is 2. The maximum Gasteiger partial charge on any atom is 0.343 e. The van der Waals surface area contributed by atoms with Crippen molar-refractivity contribution in [1.82, 2.24) is 20.1 Å². The molecular formula is C12H20N4O4S2. The summed E-state index contributed by atoms with van der Waals surface area (Å²) in [7, 11) is -3.02. The summed E-state index contributed by atoms with van der Waals surface area (Å²) in [5.41, 5.74) is -0.293. The Morgan fingerprint density at radius 1 is 1.59 bits per heavy atom. The number of nitrogens with zero attached hydrogens (tertiary/aromatic N) is 2. The van der Waals surface area contributed by atoms with E-state index in [-0.39, 0.29) is 29.1 Å². The van der Waals surface area contributed by atoms with Crippen LogP contribution in [0.4, 0.5) is 0 Å². The van der Waals surface area contributed by atoms with Crippen LogP contribution in [0.1, 0.15) is 26.7 Å². The highest BCUT2D eigenvalue weighted by molar-refractivity contribution is 8.00. The first-order chi connectivity index (χ1) is 10.3. The van der Waals surface area contributed by atoms with Gasteiger partial charge in [-0.25, -0.2) is 18.3 Å². The van der Waals surface area contributed by atoms with E-state index in [0.717, 1.165) is 6.42 Å². The average molecular weight is 348 g/mol. The number of aromatic nitrogens is 3. The molecule has 1 amide bonds. The molecule has 2 N–H and O–H groups in total. The highest BCUT2D eigenvalue weighted by Gasteiger charge is 2.30. The molecule has 1 aromatic rings. The first kappa shape index (κ1) is 17.1. The molecule has 2 atom stereocenters.